The van der Waals surface area contributed by atoms with Crippen LogP contribution >= 0.6 is 0 Å². The van der Waals surface area contributed by atoms with Crippen molar-refractivity contribution in [3.8, 4) is 5.75 Å². The first-order valence-corrected chi connectivity index (χ1v) is 10.4. The summed E-state index contributed by atoms with van der Waals surface area (Å²) in [7, 11) is 0. The average molecular weight is 373 g/mol. The molecule has 1 N–H and O–H groups in total. The first-order chi connectivity index (χ1) is 13.3. The standard InChI is InChI=1S/C21H31N3O3/c25-21(24-11-13-26-14-12-24)17-3-1-5-20(15-17)27-19-6-9-23(10-7-19)18-4-2-8-22-16-18/h1,3,5,15,18-19,22H,2,4,6-14,16H2/t18-/m1/s1. The number of nitrogens with one attached hydrogen (secondary N) is 1. The first-order valence-electron chi connectivity index (χ1n) is 10.4. The van der Waals surface area contributed by atoms with E-state index in [4.69, 9.17) is 9.47 Å². The molecule has 1 amide bonds. The molecule has 6 nitrogen and oxygen atoms in total. The molecule has 1 atom stereocenters. The van der Waals surface area contributed by atoms with Crippen LogP contribution in [0.1, 0.15) is 36.0 Å². The second-order valence-corrected chi connectivity index (χ2v) is 7.79. The van der Waals surface area contributed by atoms with Gasteiger partial charge in [-0.05, 0) is 50.4 Å². The van der Waals surface area contributed by atoms with E-state index in [-0.39, 0.29) is 12.0 Å². The largest absolute Gasteiger partial charge is 0.490 e. The van der Waals surface area contributed by atoms with Gasteiger partial charge in [-0.1, -0.05) is 6.07 Å². The molecule has 1 aromatic rings. The van der Waals surface area contributed by atoms with E-state index in [0.717, 1.165) is 44.8 Å². The number of carbonyl (C=O) groups excluding carboxylic acids is 1. The summed E-state index contributed by atoms with van der Waals surface area (Å²) in [4.78, 5) is 17.1. The number of piperidine rings is 2. The zero-order valence-electron chi connectivity index (χ0n) is 16.1. The Labute approximate surface area is 161 Å². The van der Waals surface area contributed by atoms with Crippen molar-refractivity contribution in [1.29, 1.82) is 0 Å². The lowest BCUT2D eigenvalue weighted by molar-refractivity contribution is 0.0302. The molecule has 3 heterocycles. The Morgan fingerprint density at radius 1 is 1.11 bits per heavy atom. The fraction of sp³-hybridized carbons (Fsp3) is 0.667. The topological polar surface area (TPSA) is 54.0 Å². The number of amides is 1. The molecular weight excluding hydrogens is 342 g/mol. The number of benzene rings is 1. The molecule has 0 unspecified atom stereocenters. The average Bonchev–Trinajstić information content (AvgIpc) is 2.75. The zero-order chi connectivity index (χ0) is 18.5. The SMILES string of the molecule is O=C(c1cccc(OC2CCN([C@@H]3CCCNC3)CC2)c1)N1CCOCC1. The van der Waals surface area contributed by atoms with Gasteiger partial charge in [0.15, 0.2) is 0 Å². The van der Waals surface area contributed by atoms with E-state index in [1.807, 2.05) is 29.2 Å². The Balaban J connectivity index is 1.30. The van der Waals surface area contributed by atoms with Gasteiger partial charge in [-0.25, -0.2) is 0 Å². The molecule has 0 aliphatic carbocycles. The Kier molecular flexibility index (Phi) is 6.27. The lowest BCUT2D eigenvalue weighted by Gasteiger charge is -2.39. The third-order valence-electron chi connectivity index (χ3n) is 5.95. The summed E-state index contributed by atoms with van der Waals surface area (Å²) in [6.45, 7) is 7.06. The van der Waals surface area contributed by atoms with Gasteiger partial charge in [-0.2, -0.15) is 0 Å². The zero-order valence-corrected chi connectivity index (χ0v) is 16.1. The van der Waals surface area contributed by atoms with E-state index in [0.29, 0.717) is 37.9 Å². The van der Waals surface area contributed by atoms with Crippen LogP contribution in [0.3, 0.4) is 0 Å². The van der Waals surface area contributed by atoms with Crippen LogP contribution in [0.5, 0.6) is 5.75 Å². The van der Waals surface area contributed by atoms with Crippen molar-refractivity contribution in [1.82, 2.24) is 15.1 Å². The van der Waals surface area contributed by atoms with Crippen LogP contribution in [0, 0.1) is 0 Å². The van der Waals surface area contributed by atoms with Crippen LogP contribution in [0.2, 0.25) is 0 Å². The predicted octanol–water partition coefficient (Wildman–Crippen LogP) is 1.75. The van der Waals surface area contributed by atoms with E-state index in [2.05, 4.69) is 10.2 Å². The van der Waals surface area contributed by atoms with Crippen molar-refractivity contribution in [2.24, 2.45) is 0 Å². The fourth-order valence-electron chi connectivity index (χ4n) is 4.35. The highest BCUT2D eigenvalue weighted by atomic mass is 16.5. The molecule has 27 heavy (non-hydrogen) atoms. The van der Waals surface area contributed by atoms with Gasteiger partial charge in [-0.3, -0.25) is 9.69 Å². The van der Waals surface area contributed by atoms with Gasteiger partial charge in [0.05, 0.1) is 13.2 Å². The minimum atomic E-state index is 0.0726. The van der Waals surface area contributed by atoms with Crippen molar-refractivity contribution < 1.29 is 14.3 Å². The van der Waals surface area contributed by atoms with E-state index in [1.165, 1.54) is 12.8 Å². The summed E-state index contributed by atoms with van der Waals surface area (Å²) in [6, 6.07) is 8.35. The molecule has 0 radical (unpaired) electrons. The van der Waals surface area contributed by atoms with Crippen molar-refractivity contribution in [2.75, 3.05) is 52.5 Å². The number of hydrogen-bond acceptors (Lipinski definition) is 5. The summed E-state index contributed by atoms with van der Waals surface area (Å²) in [6.07, 6.45) is 4.94. The highest BCUT2D eigenvalue weighted by Gasteiger charge is 2.27. The van der Waals surface area contributed by atoms with E-state index < -0.39 is 0 Å². The lowest BCUT2D eigenvalue weighted by atomic mass is 10.0. The molecular formula is C21H31N3O3. The number of hydrogen-bond donors (Lipinski definition) is 1. The molecule has 148 valence electrons. The monoisotopic (exact) mass is 373 g/mol. The van der Waals surface area contributed by atoms with Crippen LogP contribution in [0.4, 0.5) is 0 Å². The number of rotatable bonds is 4. The predicted molar refractivity (Wildman–Crippen MR) is 104 cm³/mol. The van der Waals surface area contributed by atoms with E-state index >= 15 is 0 Å². The Morgan fingerprint density at radius 3 is 2.67 bits per heavy atom. The molecule has 6 heteroatoms. The lowest BCUT2D eigenvalue weighted by Crippen LogP contribution is -2.50. The van der Waals surface area contributed by atoms with Gasteiger partial charge in [0.1, 0.15) is 11.9 Å². The van der Waals surface area contributed by atoms with Gasteiger partial charge in [-0.15, -0.1) is 0 Å². The summed E-state index contributed by atoms with van der Waals surface area (Å²) in [5, 5.41) is 3.51. The van der Waals surface area contributed by atoms with Gasteiger partial charge in [0.25, 0.3) is 5.91 Å². The van der Waals surface area contributed by atoms with Crippen LogP contribution in [-0.4, -0.2) is 80.3 Å². The summed E-state index contributed by atoms with van der Waals surface area (Å²) in [5.41, 5.74) is 0.708. The van der Waals surface area contributed by atoms with Crippen LogP contribution < -0.4 is 10.1 Å². The van der Waals surface area contributed by atoms with Gasteiger partial charge >= 0.3 is 0 Å². The van der Waals surface area contributed by atoms with Crippen molar-refractivity contribution >= 4 is 5.91 Å². The smallest absolute Gasteiger partial charge is 0.254 e. The molecule has 3 aliphatic rings. The normalized spacial score (nSPS) is 25.3. The summed E-state index contributed by atoms with van der Waals surface area (Å²) >= 11 is 0. The molecule has 4 rings (SSSR count). The molecule has 0 saturated carbocycles. The van der Waals surface area contributed by atoms with Crippen molar-refractivity contribution in [3.63, 3.8) is 0 Å². The molecule has 3 aliphatic heterocycles. The highest BCUT2D eigenvalue weighted by molar-refractivity contribution is 5.94. The van der Waals surface area contributed by atoms with Crippen molar-refractivity contribution in [2.45, 2.75) is 37.8 Å². The first kappa shape index (κ1) is 18.7. The summed E-state index contributed by atoms with van der Waals surface area (Å²) in [5.74, 6) is 0.885. The maximum atomic E-state index is 12.7. The second-order valence-electron chi connectivity index (χ2n) is 7.79. The third-order valence-corrected chi connectivity index (χ3v) is 5.95. The molecule has 0 spiro atoms. The van der Waals surface area contributed by atoms with Crippen molar-refractivity contribution in [3.05, 3.63) is 29.8 Å². The molecule has 0 bridgehead atoms. The molecule has 0 aromatic heterocycles. The quantitative estimate of drug-likeness (QED) is 0.872. The molecule has 3 fully saturated rings. The Morgan fingerprint density at radius 2 is 1.93 bits per heavy atom. The van der Waals surface area contributed by atoms with E-state index in [9.17, 15) is 4.79 Å². The van der Waals surface area contributed by atoms with Gasteiger partial charge in [0.2, 0.25) is 0 Å². The maximum Gasteiger partial charge on any atom is 0.254 e. The number of carbonyl (C=O) groups is 1. The number of ether oxygens (including phenoxy) is 2. The Hall–Kier alpha value is -1.63. The highest BCUT2D eigenvalue weighted by Crippen LogP contribution is 2.23. The summed E-state index contributed by atoms with van der Waals surface area (Å²) < 4.78 is 11.6. The fourth-order valence-corrected chi connectivity index (χ4v) is 4.35. The second kappa shape index (κ2) is 9.04. The van der Waals surface area contributed by atoms with Crippen LogP contribution in [0.25, 0.3) is 0 Å². The third kappa shape index (κ3) is 4.81. The number of nitrogens with zero attached hydrogens (tertiary/aromatic N) is 2. The van der Waals surface area contributed by atoms with Crippen LogP contribution in [0.15, 0.2) is 24.3 Å². The van der Waals surface area contributed by atoms with E-state index in [1.54, 1.807) is 0 Å². The van der Waals surface area contributed by atoms with Gasteiger partial charge < -0.3 is 19.7 Å². The minimum absolute atomic E-state index is 0.0726. The van der Waals surface area contributed by atoms with Gasteiger partial charge in [0, 0.05) is 44.3 Å². The minimum Gasteiger partial charge on any atom is -0.490 e. The van der Waals surface area contributed by atoms with Crippen LogP contribution in [-0.2, 0) is 4.74 Å². The Bertz CT molecular complexity index is 619. The number of likely N-dealkylation sites (tertiary alicyclic amines) is 1. The number of morpholine rings is 1. The maximum absolute atomic E-state index is 12.7. The molecule has 1 aromatic carbocycles. The molecule has 3 saturated heterocycles.